The van der Waals surface area contributed by atoms with Crippen molar-refractivity contribution >= 4 is 23.5 Å². The van der Waals surface area contributed by atoms with Gasteiger partial charge in [0.2, 0.25) is 11.8 Å². The smallest absolute Gasteiger partial charge is 0.248 e. The van der Waals surface area contributed by atoms with Crippen LogP contribution in [0, 0.1) is 11.8 Å². The number of hydrogen-bond donors (Lipinski definition) is 2. The third kappa shape index (κ3) is 3.47. The van der Waals surface area contributed by atoms with Gasteiger partial charge in [-0.15, -0.1) is 0 Å². The molecule has 0 aromatic heterocycles. The minimum absolute atomic E-state index is 0.293. The van der Waals surface area contributed by atoms with Crippen molar-refractivity contribution in [3.05, 3.63) is 42.0 Å². The Labute approximate surface area is 121 Å². The normalized spacial score (nSPS) is 20.8. The van der Waals surface area contributed by atoms with Crippen molar-refractivity contribution in [2.75, 3.05) is 5.32 Å². The molecule has 1 aliphatic rings. The number of nitrogens with two attached hydrogens (primary N) is 1. The highest BCUT2D eigenvalue weighted by molar-refractivity contribution is 5.96. The molecule has 0 saturated heterocycles. The number of carbonyl (C=O) groups is 3. The second kappa shape index (κ2) is 6.21. The maximum Gasteiger partial charge on any atom is 0.248 e. The van der Waals surface area contributed by atoms with Crippen LogP contribution in [-0.2, 0) is 9.59 Å². The Hall–Kier alpha value is -2.63. The fourth-order valence-corrected chi connectivity index (χ4v) is 2.32. The second-order valence-electron chi connectivity index (χ2n) is 4.91. The summed E-state index contributed by atoms with van der Waals surface area (Å²) in [4.78, 5) is 34.2. The zero-order valence-corrected chi connectivity index (χ0v) is 11.2. The average molecular weight is 287 g/mol. The lowest BCUT2D eigenvalue weighted by atomic mass is 9.82. The molecule has 110 valence electrons. The second-order valence-corrected chi connectivity index (χ2v) is 4.91. The summed E-state index contributed by atoms with van der Waals surface area (Å²) in [5, 5.41) is 13.7. The standard InChI is InChI=1S/C15H16N2O4/c16-13(18)9-5-7-10(8-6-9)17-14(19)11-3-1-2-4-12(11)15(20)21/h1-2,5-8,11-12H,3-4H2,(H2,16,18)(H,17,19)(H,20,21)/p-1/t11-,12+/m0/s1. The van der Waals surface area contributed by atoms with Crippen molar-refractivity contribution in [3.8, 4) is 0 Å². The molecular formula is C15H15N2O4-. The maximum absolute atomic E-state index is 12.2. The van der Waals surface area contributed by atoms with Gasteiger partial charge in [0.05, 0.1) is 5.92 Å². The molecule has 2 rings (SSSR count). The lowest BCUT2D eigenvalue weighted by Crippen LogP contribution is -2.41. The largest absolute Gasteiger partial charge is 0.550 e. The average Bonchev–Trinajstić information content (AvgIpc) is 2.47. The van der Waals surface area contributed by atoms with Crippen LogP contribution in [0.4, 0.5) is 5.69 Å². The van der Waals surface area contributed by atoms with E-state index in [2.05, 4.69) is 5.32 Å². The molecule has 1 aliphatic carbocycles. The van der Waals surface area contributed by atoms with Crippen molar-refractivity contribution < 1.29 is 19.5 Å². The molecule has 0 radical (unpaired) electrons. The van der Waals surface area contributed by atoms with E-state index >= 15 is 0 Å². The summed E-state index contributed by atoms with van der Waals surface area (Å²) in [7, 11) is 0. The van der Waals surface area contributed by atoms with E-state index in [0.717, 1.165) is 0 Å². The molecule has 0 fully saturated rings. The molecule has 1 aromatic carbocycles. The number of benzene rings is 1. The SMILES string of the molecule is NC(=O)c1ccc(NC(=O)[C@H]2CC=CC[C@H]2C(=O)[O-])cc1. The van der Waals surface area contributed by atoms with E-state index < -0.39 is 23.7 Å². The fourth-order valence-electron chi connectivity index (χ4n) is 2.32. The van der Waals surface area contributed by atoms with Gasteiger partial charge in [0, 0.05) is 23.1 Å². The summed E-state index contributed by atoms with van der Waals surface area (Å²) in [5.41, 5.74) is 5.94. The van der Waals surface area contributed by atoms with E-state index in [1.165, 1.54) is 12.1 Å². The van der Waals surface area contributed by atoms with Crippen LogP contribution in [0.25, 0.3) is 0 Å². The first-order chi connectivity index (χ1) is 9.99. The molecule has 6 nitrogen and oxygen atoms in total. The molecule has 0 bridgehead atoms. The molecule has 2 atom stereocenters. The van der Waals surface area contributed by atoms with Gasteiger partial charge in [0.25, 0.3) is 0 Å². The van der Waals surface area contributed by atoms with Gasteiger partial charge in [-0.3, -0.25) is 9.59 Å². The van der Waals surface area contributed by atoms with Crippen LogP contribution in [0.3, 0.4) is 0 Å². The predicted octanol–water partition coefficient (Wildman–Crippen LogP) is 0.0563. The van der Waals surface area contributed by atoms with Gasteiger partial charge < -0.3 is 21.0 Å². The van der Waals surface area contributed by atoms with E-state index in [1.807, 2.05) is 0 Å². The number of carbonyl (C=O) groups excluding carboxylic acids is 3. The lowest BCUT2D eigenvalue weighted by Gasteiger charge is -2.28. The highest BCUT2D eigenvalue weighted by atomic mass is 16.4. The van der Waals surface area contributed by atoms with Crippen LogP contribution < -0.4 is 16.2 Å². The van der Waals surface area contributed by atoms with E-state index in [0.29, 0.717) is 24.1 Å². The first-order valence-electron chi connectivity index (χ1n) is 6.55. The Morgan fingerprint density at radius 1 is 1.05 bits per heavy atom. The predicted molar refractivity (Wildman–Crippen MR) is 74.0 cm³/mol. The van der Waals surface area contributed by atoms with Crippen LogP contribution in [0.5, 0.6) is 0 Å². The summed E-state index contributed by atoms with van der Waals surface area (Å²) in [6, 6.07) is 6.08. The molecule has 0 saturated carbocycles. The summed E-state index contributed by atoms with van der Waals surface area (Å²) < 4.78 is 0. The minimum atomic E-state index is -1.22. The Kier molecular flexibility index (Phi) is 4.37. The van der Waals surface area contributed by atoms with Crippen molar-refractivity contribution in [2.45, 2.75) is 12.8 Å². The minimum Gasteiger partial charge on any atom is -0.550 e. The summed E-state index contributed by atoms with van der Waals surface area (Å²) >= 11 is 0. The molecule has 6 heteroatoms. The van der Waals surface area contributed by atoms with Crippen LogP contribution in [0.2, 0.25) is 0 Å². The quantitative estimate of drug-likeness (QED) is 0.762. The lowest BCUT2D eigenvalue weighted by molar-refractivity contribution is -0.313. The molecule has 21 heavy (non-hydrogen) atoms. The van der Waals surface area contributed by atoms with Gasteiger partial charge in [0.15, 0.2) is 0 Å². The van der Waals surface area contributed by atoms with Gasteiger partial charge in [-0.25, -0.2) is 0 Å². The van der Waals surface area contributed by atoms with Gasteiger partial charge in [-0.2, -0.15) is 0 Å². The van der Waals surface area contributed by atoms with Crippen molar-refractivity contribution in [1.82, 2.24) is 0 Å². The van der Waals surface area contributed by atoms with Gasteiger partial charge in [-0.1, -0.05) is 12.2 Å². The van der Waals surface area contributed by atoms with Crippen molar-refractivity contribution in [3.63, 3.8) is 0 Å². The Balaban J connectivity index is 2.08. The number of primary amides is 1. The number of amides is 2. The third-order valence-electron chi connectivity index (χ3n) is 3.51. The first-order valence-corrected chi connectivity index (χ1v) is 6.55. The first kappa shape index (κ1) is 14.8. The number of carboxylic acid groups (broad SMARTS) is 1. The maximum atomic E-state index is 12.2. The highest BCUT2D eigenvalue weighted by Crippen LogP contribution is 2.26. The van der Waals surface area contributed by atoms with Crippen molar-refractivity contribution in [1.29, 1.82) is 0 Å². The van der Waals surface area contributed by atoms with E-state index in [9.17, 15) is 19.5 Å². The van der Waals surface area contributed by atoms with Crippen molar-refractivity contribution in [2.24, 2.45) is 17.6 Å². The summed E-state index contributed by atoms with van der Waals surface area (Å²) in [6.07, 6.45) is 4.19. The number of hydrogen-bond acceptors (Lipinski definition) is 4. The zero-order chi connectivity index (χ0) is 15.4. The van der Waals surface area contributed by atoms with Crippen LogP contribution in [0.1, 0.15) is 23.2 Å². The molecular weight excluding hydrogens is 272 g/mol. The molecule has 0 aliphatic heterocycles. The van der Waals surface area contributed by atoms with E-state index in [-0.39, 0.29) is 5.91 Å². The van der Waals surface area contributed by atoms with Gasteiger partial charge in [0.1, 0.15) is 0 Å². The number of aliphatic carboxylic acids is 1. The van der Waals surface area contributed by atoms with E-state index in [4.69, 9.17) is 5.73 Å². The molecule has 3 N–H and O–H groups in total. The Morgan fingerprint density at radius 3 is 2.14 bits per heavy atom. The Bertz CT molecular complexity index is 592. The van der Waals surface area contributed by atoms with Crippen LogP contribution >= 0.6 is 0 Å². The number of nitrogens with one attached hydrogen (secondary N) is 1. The van der Waals surface area contributed by atoms with Gasteiger partial charge in [-0.05, 0) is 37.1 Å². The number of rotatable bonds is 4. The van der Waals surface area contributed by atoms with E-state index in [1.54, 1.807) is 24.3 Å². The number of anilines is 1. The summed E-state index contributed by atoms with van der Waals surface area (Å²) in [6.45, 7) is 0. The zero-order valence-electron chi connectivity index (χ0n) is 11.2. The third-order valence-corrected chi connectivity index (χ3v) is 3.51. The highest BCUT2D eigenvalue weighted by Gasteiger charge is 2.29. The molecule has 0 unspecified atom stereocenters. The molecule has 1 aromatic rings. The van der Waals surface area contributed by atoms with Crippen LogP contribution in [0.15, 0.2) is 36.4 Å². The fraction of sp³-hybridized carbons (Fsp3) is 0.267. The molecule has 0 spiro atoms. The monoisotopic (exact) mass is 287 g/mol. The number of allylic oxidation sites excluding steroid dienone is 2. The molecule has 0 heterocycles. The van der Waals surface area contributed by atoms with Gasteiger partial charge >= 0.3 is 0 Å². The summed E-state index contributed by atoms with van der Waals surface area (Å²) in [5.74, 6) is -3.62. The Morgan fingerprint density at radius 2 is 1.62 bits per heavy atom. The number of carboxylic acids is 1. The molecule has 2 amide bonds. The van der Waals surface area contributed by atoms with Crippen LogP contribution in [-0.4, -0.2) is 17.8 Å². The topological polar surface area (TPSA) is 112 Å².